The predicted molar refractivity (Wildman–Crippen MR) is 121 cm³/mol. The topological polar surface area (TPSA) is 101 Å². The molecule has 2 heterocycles. The number of hydrogen-bond acceptors (Lipinski definition) is 8. The van der Waals surface area contributed by atoms with E-state index in [9.17, 15) is 22.8 Å². The number of methoxy groups -OCH3 is 2. The summed E-state index contributed by atoms with van der Waals surface area (Å²) in [6.07, 6.45) is -2.09. The van der Waals surface area contributed by atoms with Crippen LogP contribution in [-0.4, -0.2) is 54.2 Å². The zero-order chi connectivity index (χ0) is 25.8. The van der Waals surface area contributed by atoms with Gasteiger partial charge in [0.1, 0.15) is 42.6 Å². The summed E-state index contributed by atoms with van der Waals surface area (Å²) in [6.45, 7) is -0.272. The van der Waals surface area contributed by atoms with Gasteiger partial charge in [0.15, 0.2) is 5.05 Å². The second-order valence-electron chi connectivity index (χ2n) is 7.29. The first-order valence-corrected chi connectivity index (χ1v) is 10.5. The van der Waals surface area contributed by atoms with Crippen LogP contribution in [0.2, 0.25) is 0 Å². The molecule has 1 aliphatic heterocycles. The molecular formula is C22H21F3N2O7S. The lowest BCUT2D eigenvalue weighted by Crippen LogP contribution is -2.36. The quantitative estimate of drug-likeness (QED) is 0.423. The summed E-state index contributed by atoms with van der Waals surface area (Å²) in [5, 5.41) is 0.0628. The number of nitrogens with one attached hydrogen (secondary N) is 1. The van der Waals surface area contributed by atoms with Gasteiger partial charge in [0.05, 0.1) is 25.9 Å². The normalized spacial score (nSPS) is 19.7. The molecule has 9 nitrogen and oxygen atoms in total. The molecule has 0 amide bonds. The Morgan fingerprint density at radius 2 is 2.06 bits per heavy atom. The SMILES string of the molecule is C#CCO[C@H]1C[C@H](n2cc(C(F)(F)F)c(=O)[nH]c2=O)O[C@@H]1COC(=S)c1ccc(OC)cc1OC. The smallest absolute Gasteiger partial charge is 0.423 e. The first kappa shape index (κ1) is 26.3. The van der Waals surface area contributed by atoms with Gasteiger partial charge in [-0.25, -0.2) is 4.79 Å². The Balaban J connectivity index is 1.80. The standard InChI is InChI=1S/C22H21F3N2O7S/c1-4-7-32-16-9-18(27-10-14(22(23,24)25)19(28)26-21(27)29)34-17(16)11-33-20(35)13-6-5-12(30-2)8-15(13)31-3/h1,5-6,8,10,16-18H,7,9,11H2,2-3H3,(H,26,28,29)/t16-,17+,18+/m0/s1. The molecule has 1 N–H and O–H groups in total. The van der Waals surface area contributed by atoms with Crippen LogP contribution < -0.4 is 20.7 Å². The Morgan fingerprint density at radius 3 is 2.69 bits per heavy atom. The molecule has 1 fully saturated rings. The van der Waals surface area contributed by atoms with Crippen LogP contribution in [0.1, 0.15) is 23.8 Å². The van der Waals surface area contributed by atoms with Crippen molar-refractivity contribution < 1.29 is 36.9 Å². The molecule has 0 bridgehead atoms. The van der Waals surface area contributed by atoms with Gasteiger partial charge in [-0.3, -0.25) is 14.3 Å². The number of H-pyrrole nitrogens is 1. The molecule has 0 radical (unpaired) electrons. The predicted octanol–water partition coefficient (Wildman–Crippen LogP) is 2.27. The van der Waals surface area contributed by atoms with Crippen molar-refractivity contribution >= 4 is 17.3 Å². The van der Waals surface area contributed by atoms with Crippen molar-refractivity contribution in [2.45, 2.75) is 31.0 Å². The van der Waals surface area contributed by atoms with Crippen molar-refractivity contribution in [3.8, 4) is 23.8 Å². The summed E-state index contributed by atoms with van der Waals surface area (Å²) < 4.78 is 67.6. The van der Waals surface area contributed by atoms with E-state index in [-0.39, 0.29) is 24.7 Å². The summed E-state index contributed by atoms with van der Waals surface area (Å²) in [7, 11) is 2.95. The highest BCUT2D eigenvalue weighted by Gasteiger charge is 2.40. The average molecular weight is 514 g/mol. The van der Waals surface area contributed by atoms with Crippen molar-refractivity contribution in [2.24, 2.45) is 0 Å². The highest BCUT2D eigenvalue weighted by atomic mass is 32.1. The lowest BCUT2D eigenvalue weighted by atomic mass is 10.1. The van der Waals surface area contributed by atoms with Gasteiger partial charge in [0.2, 0.25) is 0 Å². The van der Waals surface area contributed by atoms with Gasteiger partial charge in [-0.1, -0.05) is 5.92 Å². The summed E-state index contributed by atoms with van der Waals surface area (Å²) in [5.74, 6) is 3.24. The molecule has 3 atom stereocenters. The third-order valence-electron chi connectivity index (χ3n) is 5.15. The molecule has 188 valence electrons. The van der Waals surface area contributed by atoms with E-state index in [4.69, 9.17) is 42.3 Å². The summed E-state index contributed by atoms with van der Waals surface area (Å²) >= 11 is 5.34. The minimum Gasteiger partial charge on any atom is -0.497 e. The largest absolute Gasteiger partial charge is 0.497 e. The number of rotatable bonds is 8. The molecule has 1 aromatic heterocycles. The highest BCUT2D eigenvalue weighted by Crippen LogP contribution is 2.32. The fourth-order valence-corrected chi connectivity index (χ4v) is 3.69. The molecule has 0 saturated carbocycles. The molecule has 0 aliphatic carbocycles. The molecule has 1 saturated heterocycles. The van der Waals surface area contributed by atoms with Crippen LogP contribution in [-0.2, 0) is 20.4 Å². The molecular weight excluding hydrogens is 493 g/mol. The fraction of sp³-hybridized carbons (Fsp3) is 0.409. The van der Waals surface area contributed by atoms with Gasteiger partial charge in [0, 0.05) is 18.7 Å². The van der Waals surface area contributed by atoms with Crippen LogP contribution in [0.4, 0.5) is 13.2 Å². The van der Waals surface area contributed by atoms with E-state index in [0.717, 1.165) is 0 Å². The van der Waals surface area contributed by atoms with E-state index in [2.05, 4.69) is 5.92 Å². The lowest BCUT2D eigenvalue weighted by molar-refractivity contribution is -0.139. The number of aromatic nitrogens is 2. The second-order valence-corrected chi connectivity index (χ2v) is 7.66. The van der Waals surface area contributed by atoms with Crippen molar-refractivity contribution in [1.29, 1.82) is 0 Å². The van der Waals surface area contributed by atoms with E-state index in [1.54, 1.807) is 23.2 Å². The summed E-state index contributed by atoms with van der Waals surface area (Å²) in [4.78, 5) is 25.5. The Hall–Kier alpha value is -3.34. The zero-order valence-corrected chi connectivity index (χ0v) is 19.4. The number of halogens is 3. The highest BCUT2D eigenvalue weighted by molar-refractivity contribution is 7.80. The number of benzene rings is 1. The molecule has 0 spiro atoms. The van der Waals surface area contributed by atoms with Crippen LogP contribution in [0.3, 0.4) is 0 Å². The fourth-order valence-electron chi connectivity index (χ4n) is 3.46. The van der Waals surface area contributed by atoms with E-state index >= 15 is 0 Å². The maximum Gasteiger partial charge on any atom is 0.423 e. The first-order valence-electron chi connectivity index (χ1n) is 10.1. The lowest BCUT2D eigenvalue weighted by Gasteiger charge is -2.20. The van der Waals surface area contributed by atoms with Crippen LogP contribution in [0, 0.1) is 12.3 Å². The van der Waals surface area contributed by atoms with Crippen LogP contribution in [0.15, 0.2) is 34.0 Å². The Labute approximate surface area is 202 Å². The number of thiocarbonyl (C=S) groups is 1. The van der Waals surface area contributed by atoms with Gasteiger partial charge in [-0.2, -0.15) is 13.2 Å². The number of ether oxygens (including phenoxy) is 5. The van der Waals surface area contributed by atoms with Crippen molar-refractivity contribution in [1.82, 2.24) is 9.55 Å². The Kier molecular flexibility index (Phi) is 8.21. The van der Waals surface area contributed by atoms with Gasteiger partial charge in [0.25, 0.3) is 5.56 Å². The Morgan fingerprint density at radius 1 is 1.31 bits per heavy atom. The van der Waals surface area contributed by atoms with Crippen molar-refractivity contribution in [3.05, 3.63) is 56.4 Å². The molecule has 3 rings (SSSR count). The van der Waals surface area contributed by atoms with Gasteiger partial charge < -0.3 is 23.7 Å². The number of alkyl halides is 3. The van der Waals surface area contributed by atoms with E-state index in [0.29, 0.717) is 27.8 Å². The van der Waals surface area contributed by atoms with Gasteiger partial charge >= 0.3 is 11.9 Å². The van der Waals surface area contributed by atoms with Crippen LogP contribution in [0.25, 0.3) is 0 Å². The number of nitrogens with zero attached hydrogens (tertiary/aromatic N) is 1. The minimum atomic E-state index is -4.97. The molecule has 0 unspecified atom stereocenters. The van der Waals surface area contributed by atoms with Crippen LogP contribution >= 0.6 is 12.2 Å². The number of hydrogen-bond donors (Lipinski definition) is 1. The van der Waals surface area contributed by atoms with Crippen molar-refractivity contribution in [3.63, 3.8) is 0 Å². The molecule has 35 heavy (non-hydrogen) atoms. The van der Waals surface area contributed by atoms with Gasteiger partial charge in [-0.05, 0) is 24.4 Å². The summed E-state index contributed by atoms with van der Waals surface area (Å²) in [5.41, 5.74) is -3.68. The van der Waals surface area contributed by atoms with E-state index in [1.807, 2.05) is 0 Å². The monoisotopic (exact) mass is 514 g/mol. The van der Waals surface area contributed by atoms with Crippen molar-refractivity contribution in [2.75, 3.05) is 27.4 Å². The summed E-state index contributed by atoms with van der Waals surface area (Å²) in [6, 6.07) is 4.92. The Bertz CT molecular complexity index is 1240. The molecule has 13 heteroatoms. The van der Waals surface area contributed by atoms with E-state index < -0.39 is 41.4 Å². The van der Waals surface area contributed by atoms with Crippen LogP contribution in [0.5, 0.6) is 11.5 Å². The molecule has 2 aromatic rings. The molecule has 1 aromatic carbocycles. The second kappa shape index (κ2) is 10.9. The third-order valence-corrected chi connectivity index (χ3v) is 5.49. The molecule has 1 aliphatic rings. The zero-order valence-electron chi connectivity index (χ0n) is 18.6. The maximum atomic E-state index is 13.2. The minimum absolute atomic E-state index is 0.0302. The first-order chi connectivity index (χ1) is 16.6. The third kappa shape index (κ3) is 6.02. The number of terminal acetylenes is 1. The maximum absolute atomic E-state index is 13.2. The average Bonchev–Trinajstić information content (AvgIpc) is 3.22. The van der Waals surface area contributed by atoms with E-state index in [1.165, 1.54) is 14.2 Å². The van der Waals surface area contributed by atoms with Gasteiger partial charge in [-0.15, -0.1) is 6.42 Å². The number of aromatic amines is 1.